The van der Waals surface area contributed by atoms with Gasteiger partial charge in [0.15, 0.2) is 0 Å². The molecule has 0 spiro atoms. The van der Waals surface area contributed by atoms with Crippen LogP contribution in [0.4, 0.5) is 5.69 Å². The minimum atomic E-state index is -3.20. The minimum absolute atomic E-state index is 0.530. The van der Waals surface area contributed by atoms with Crippen LogP contribution in [0.3, 0.4) is 0 Å². The lowest BCUT2D eigenvalue weighted by molar-refractivity contribution is 0.412. The molecule has 1 aliphatic rings. The Kier molecular flexibility index (Phi) is 5.75. The summed E-state index contributed by atoms with van der Waals surface area (Å²) in [4.78, 5) is 7.00. The van der Waals surface area contributed by atoms with Gasteiger partial charge in [-0.3, -0.25) is 9.55 Å². The molecule has 1 saturated heterocycles. The summed E-state index contributed by atoms with van der Waals surface area (Å²) < 4.78 is 25.3. The van der Waals surface area contributed by atoms with Gasteiger partial charge in [-0.15, -0.1) is 0 Å². The number of hydrogen-bond acceptors (Lipinski definition) is 5. The van der Waals surface area contributed by atoms with Crippen molar-refractivity contribution in [3.05, 3.63) is 54.2 Å². The number of pyridine rings is 1. The molecule has 0 aliphatic carbocycles. The smallest absolute Gasteiger partial charge is 0.277 e. The van der Waals surface area contributed by atoms with Crippen molar-refractivity contribution >= 4 is 29.3 Å². The number of fused-ring (bicyclic) bond motifs is 1. The molecular formula is C24H29N2O3P. The Bertz CT molecular complexity index is 1110. The zero-order valence-corrected chi connectivity index (χ0v) is 19.0. The minimum Gasteiger partial charge on any atom is -0.497 e. The second-order valence-corrected chi connectivity index (χ2v) is 10.7. The molecular weight excluding hydrogens is 395 g/mol. The van der Waals surface area contributed by atoms with Gasteiger partial charge in [-0.05, 0) is 49.9 Å². The highest BCUT2D eigenvalue weighted by Crippen LogP contribution is 2.47. The fraction of sp³-hybridized carbons (Fsp3) is 0.375. The number of aryl methyl sites for hydroxylation is 1. The molecule has 1 unspecified atom stereocenters. The van der Waals surface area contributed by atoms with Crippen LogP contribution in [0, 0.1) is 12.8 Å². The highest BCUT2D eigenvalue weighted by Gasteiger charge is 2.30. The van der Waals surface area contributed by atoms with E-state index in [0.717, 1.165) is 48.1 Å². The van der Waals surface area contributed by atoms with Crippen LogP contribution in [0.1, 0.15) is 25.3 Å². The van der Waals surface area contributed by atoms with Crippen molar-refractivity contribution in [1.82, 2.24) is 4.98 Å². The van der Waals surface area contributed by atoms with Crippen LogP contribution in [0.5, 0.6) is 11.5 Å². The maximum atomic E-state index is 13.9. The lowest BCUT2D eigenvalue weighted by Gasteiger charge is -2.35. The van der Waals surface area contributed by atoms with E-state index in [1.54, 1.807) is 32.1 Å². The van der Waals surface area contributed by atoms with E-state index in [0.29, 0.717) is 22.7 Å². The van der Waals surface area contributed by atoms with E-state index in [9.17, 15) is 4.57 Å². The zero-order chi connectivity index (χ0) is 21.3. The molecule has 4 rings (SSSR count). The Morgan fingerprint density at radius 1 is 1.10 bits per heavy atom. The molecule has 158 valence electrons. The summed E-state index contributed by atoms with van der Waals surface area (Å²) in [6, 6.07) is 13.5. The van der Waals surface area contributed by atoms with Crippen LogP contribution in [0.2, 0.25) is 0 Å². The summed E-state index contributed by atoms with van der Waals surface area (Å²) >= 11 is 0. The Balaban J connectivity index is 1.82. The fourth-order valence-electron chi connectivity index (χ4n) is 4.05. The number of aromatic nitrogens is 1. The Hall–Kier alpha value is -2.52. The lowest BCUT2D eigenvalue weighted by atomic mass is 9.98. The first-order valence-corrected chi connectivity index (χ1v) is 12.5. The predicted octanol–water partition coefficient (Wildman–Crippen LogP) is 5.40. The SMILES string of the molecule is COc1cccc(OP(C)(=O)c2cnc3ccc(C)cc3c2N2CCC(C)CC2)c1. The normalized spacial score (nSPS) is 17.0. The summed E-state index contributed by atoms with van der Waals surface area (Å²) in [5.41, 5.74) is 3.08. The van der Waals surface area contributed by atoms with Crippen molar-refractivity contribution in [1.29, 1.82) is 0 Å². The molecule has 0 saturated carbocycles. The Labute approximate surface area is 178 Å². The number of anilines is 1. The third-order valence-corrected chi connectivity index (χ3v) is 7.60. The van der Waals surface area contributed by atoms with Gasteiger partial charge in [0.1, 0.15) is 11.5 Å². The summed E-state index contributed by atoms with van der Waals surface area (Å²) in [5.74, 6) is 1.91. The van der Waals surface area contributed by atoms with Crippen molar-refractivity contribution < 1.29 is 13.8 Å². The lowest BCUT2D eigenvalue weighted by Crippen LogP contribution is -2.36. The summed E-state index contributed by atoms with van der Waals surface area (Å²) in [6.45, 7) is 7.94. The van der Waals surface area contributed by atoms with Gasteiger partial charge in [-0.25, -0.2) is 0 Å². The third-order valence-electron chi connectivity index (χ3n) is 5.83. The van der Waals surface area contributed by atoms with Gasteiger partial charge in [0.2, 0.25) is 0 Å². The topological polar surface area (TPSA) is 51.7 Å². The van der Waals surface area contributed by atoms with Gasteiger partial charge in [0.05, 0.1) is 23.6 Å². The molecule has 1 aliphatic heterocycles. The number of ether oxygens (including phenoxy) is 1. The van der Waals surface area contributed by atoms with Crippen LogP contribution in [0.25, 0.3) is 10.9 Å². The van der Waals surface area contributed by atoms with Gasteiger partial charge in [0.25, 0.3) is 7.37 Å². The van der Waals surface area contributed by atoms with E-state index in [1.807, 2.05) is 18.2 Å². The number of methoxy groups -OCH3 is 1. The van der Waals surface area contributed by atoms with Crippen LogP contribution < -0.4 is 19.5 Å². The number of hydrogen-bond donors (Lipinski definition) is 0. The van der Waals surface area contributed by atoms with Crippen molar-refractivity contribution in [2.75, 3.05) is 31.8 Å². The summed E-state index contributed by atoms with van der Waals surface area (Å²) in [6.07, 6.45) is 3.99. The highest BCUT2D eigenvalue weighted by molar-refractivity contribution is 7.67. The zero-order valence-electron chi connectivity index (χ0n) is 18.1. The highest BCUT2D eigenvalue weighted by atomic mass is 31.2. The average molecular weight is 424 g/mol. The largest absolute Gasteiger partial charge is 0.497 e. The number of rotatable bonds is 5. The van der Waals surface area contributed by atoms with Gasteiger partial charge < -0.3 is 14.2 Å². The third kappa shape index (κ3) is 4.17. The van der Waals surface area contributed by atoms with E-state index in [2.05, 4.69) is 35.9 Å². The molecule has 2 heterocycles. The molecule has 0 bridgehead atoms. The van der Waals surface area contributed by atoms with Crippen LogP contribution in [-0.2, 0) is 4.57 Å². The van der Waals surface area contributed by atoms with Crippen molar-refractivity contribution in [2.45, 2.75) is 26.7 Å². The van der Waals surface area contributed by atoms with E-state index >= 15 is 0 Å². The van der Waals surface area contributed by atoms with Crippen molar-refractivity contribution in [3.63, 3.8) is 0 Å². The number of piperidine rings is 1. The summed E-state index contributed by atoms with van der Waals surface area (Å²) in [5, 5.41) is 1.72. The van der Waals surface area contributed by atoms with Crippen molar-refractivity contribution in [3.8, 4) is 11.5 Å². The predicted molar refractivity (Wildman–Crippen MR) is 124 cm³/mol. The first kappa shape index (κ1) is 20.7. The van der Waals surface area contributed by atoms with Crippen LogP contribution in [0.15, 0.2) is 48.7 Å². The quantitative estimate of drug-likeness (QED) is 0.513. The first-order valence-electron chi connectivity index (χ1n) is 10.4. The van der Waals surface area contributed by atoms with E-state index < -0.39 is 7.37 Å². The molecule has 0 N–H and O–H groups in total. The second kappa shape index (κ2) is 8.31. The standard InChI is InChI=1S/C24H29N2O3P/c1-17-10-12-26(13-11-17)24-21-14-18(2)8-9-22(21)25-16-23(24)30(4,27)29-20-7-5-6-19(15-20)28-3/h5-9,14-17H,10-13H2,1-4H3. The summed E-state index contributed by atoms with van der Waals surface area (Å²) in [7, 11) is -1.59. The van der Waals surface area contributed by atoms with Crippen LogP contribution in [-0.4, -0.2) is 31.8 Å². The molecule has 1 aromatic heterocycles. The maximum absolute atomic E-state index is 13.9. The first-order chi connectivity index (χ1) is 14.4. The molecule has 5 nitrogen and oxygen atoms in total. The van der Waals surface area contributed by atoms with Gasteiger partial charge in [0, 0.05) is 37.4 Å². The van der Waals surface area contributed by atoms with Gasteiger partial charge in [-0.1, -0.05) is 24.6 Å². The average Bonchev–Trinajstić information content (AvgIpc) is 2.73. The molecule has 6 heteroatoms. The Morgan fingerprint density at radius 3 is 2.57 bits per heavy atom. The molecule has 3 aromatic rings. The van der Waals surface area contributed by atoms with E-state index in [4.69, 9.17) is 9.26 Å². The molecule has 1 fully saturated rings. The number of nitrogens with zero attached hydrogens (tertiary/aromatic N) is 2. The maximum Gasteiger partial charge on any atom is 0.277 e. The van der Waals surface area contributed by atoms with Gasteiger partial charge in [-0.2, -0.15) is 0 Å². The Morgan fingerprint density at radius 2 is 1.83 bits per heavy atom. The van der Waals surface area contributed by atoms with E-state index in [1.165, 1.54) is 0 Å². The molecule has 1 atom stereocenters. The van der Waals surface area contributed by atoms with Crippen molar-refractivity contribution in [2.24, 2.45) is 5.92 Å². The van der Waals surface area contributed by atoms with E-state index in [-0.39, 0.29) is 0 Å². The number of benzene rings is 2. The fourth-order valence-corrected chi connectivity index (χ4v) is 5.58. The second-order valence-electron chi connectivity index (χ2n) is 8.30. The molecule has 0 amide bonds. The molecule has 0 radical (unpaired) electrons. The monoisotopic (exact) mass is 424 g/mol. The van der Waals surface area contributed by atoms with Gasteiger partial charge >= 0.3 is 0 Å². The molecule has 2 aromatic carbocycles. The molecule has 30 heavy (non-hydrogen) atoms. The van der Waals surface area contributed by atoms with Crippen LogP contribution >= 0.6 is 7.37 Å².